The lowest BCUT2D eigenvalue weighted by Crippen LogP contribution is -2.55. The van der Waals surface area contributed by atoms with Crippen LogP contribution in [0.5, 0.6) is 0 Å². The zero-order valence-corrected chi connectivity index (χ0v) is 12.0. The van der Waals surface area contributed by atoms with Crippen molar-refractivity contribution in [1.29, 1.82) is 0 Å². The third kappa shape index (κ3) is 2.88. The quantitative estimate of drug-likeness (QED) is 0.672. The molecule has 0 aromatic rings. The van der Waals surface area contributed by atoms with E-state index in [0.29, 0.717) is 0 Å². The molecule has 2 aliphatic rings. The molecule has 2 amide bonds. The molecule has 0 spiro atoms. The number of carbonyl (C=O) groups is 2. The molecule has 2 atom stereocenters. The van der Waals surface area contributed by atoms with Gasteiger partial charge >= 0.3 is 12.0 Å². The molecule has 2 aliphatic heterocycles. The first-order valence-corrected chi connectivity index (χ1v) is 7.00. The Morgan fingerprint density at radius 1 is 1.40 bits per heavy atom. The molecule has 0 saturated carbocycles. The van der Waals surface area contributed by atoms with Gasteiger partial charge in [-0.25, -0.2) is 4.79 Å². The van der Waals surface area contributed by atoms with Gasteiger partial charge in [-0.1, -0.05) is 0 Å². The maximum Gasteiger partial charge on any atom is 0.317 e. The van der Waals surface area contributed by atoms with Crippen LogP contribution >= 0.6 is 0 Å². The number of nitrogens with one attached hydrogen (secondary N) is 2. The highest BCUT2D eigenvalue weighted by molar-refractivity contribution is 5.79. The second-order valence-electron chi connectivity index (χ2n) is 5.83. The smallest absolute Gasteiger partial charge is 0.317 e. The van der Waals surface area contributed by atoms with Gasteiger partial charge in [-0.2, -0.15) is 0 Å². The summed E-state index contributed by atoms with van der Waals surface area (Å²) in [5, 5.41) is 15.4. The number of hydrogen-bond acceptors (Lipinski definition) is 4. The van der Waals surface area contributed by atoms with Crippen molar-refractivity contribution >= 4 is 12.0 Å². The van der Waals surface area contributed by atoms with Crippen molar-refractivity contribution in [2.45, 2.75) is 31.8 Å². The number of piperidine rings is 1. The molecule has 3 N–H and O–H groups in total. The summed E-state index contributed by atoms with van der Waals surface area (Å²) in [5.41, 5.74) is -1.05. The highest BCUT2D eigenvalue weighted by Crippen LogP contribution is 2.29. The fraction of sp³-hybridized carbons (Fsp3) is 0.846. The van der Waals surface area contributed by atoms with Crippen molar-refractivity contribution in [3.63, 3.8) is 0 Å². The molecule has 0 bridgehead atoms. The second kappa shape index (κ2) is 5.97. The van der Waals surface area contributed by atoms with E-state index < -0.39 is 17.4 Å². The molecular weight excluding hydrogens is 262 g/mol. The van der Waals surface area contributed by atoms with Crippen molar-refractivity contribution < 1.29 is 19.4 Å². The number of rotatable bonds is 3. The van der Waals surface area contributed by atoms with Crippen LogP contribution in [0.2, 0.25) is 0 Å². The topological polar surface area (TPSA) is 90.9 Å². The Hall–Kier alpha value is -1.34. The lowest BCUT2D eigenvalue weighted by molar-refractivity contribution is -0.148. The number of urea groups is 1. The van der Waals surface area contributed by atoms with E-state index in [0.717, 1.165) is 25.9 Å². The van der Waals surface area contributed by atoms with Crippen LogP contribution in [0.4, 0.5) is 4.79 Å². The minimum Gasteiger partial charge on any atom is -0.481 e. The van der Waals surface area contributed by atoms with Crippen LogP contribution in [0.15, 0.2) is 0 Å². The summed E-state index contributed by atoms with van der Waals surface area (Å²) in [6, 6.07) is -0.508. The molecule has 2 fully saturated rings. The van der Waals surface area contributed by atoms with Crippen LogP contribution in [-0.4, -0.2) is 67.4 Å². The summed E-state index contributed by atoms with van der Waals surface area (Å²) in [4.78, 5) is 25.3. The Labute approximate surface area is 118 Å². The van der Waals surface area contributed by atoms with Gasteiger partial charge in [-0.3, -0.25) is 4.79 Å². The summed E-state index contributed by atoms with van der Waals surface area (Å²) in [6.07, 6.45) is 1.84. The zero-order chi connectivity index (χ0) is 14.8. The number of ether oxygens (including phenoxy) is 1. The van der Waals surface area contributed by atoms with Gasteiger partial charge in [-0.05, 0) is 32.9 Å². The Kier molecular flexibility index (Phi) is 4.49. The summed E-state index contributed by atoms with van der Waals surface area (Å²) >= 11 is 0. The van der Waals surface area contributed by atoms with Gasteiger partial charge in [0.15, 0.2) is 0 Å². The van der Waals surface area contributed by atoms with Crippen molar-refractivity contribution in [2.24, 2.45) is 5.41 Å². The largest absolute Gasteiger partial charge is 0.481 e. The van der Waals surface area contributed by atoms with E-state index >= 15 is 0 Å². The molecule has 0 radical (unpaired) electrons. The highest BCUT2D eigenvalue weighted by Gasteiger charge is 2.47. The molecule has 20 heavy (non-hydrogen) atoms. The van der Waals surface area contributed by atoms with Gasteiger partial charge < -0.3 is 25.4 Å². The van der Waals surface area contributed by atoms with E-state index in [2.05, 4.69) is 10.6 Å². The van der Waals surface area contributed by atoms with Crippen molar-refractivity contribution in [3.8, 4) is 0 Å². The number of amides is 2. The number of nitrogens with zero attached hydrogens (tertiary/aromatic N) is 1. The average Bonchev–Trinajstić information content (AvgIpc) is 2.81. The van der Waals surface area contributed by atoms with Gasteiger partial charge in [0.2, 0.25) is 0 Å². The molecule has 2 saturated heterocycles. The van der Waals surface area contributed by atoms with Crippen LogP contribution in [0.1, 0.15) is 19.8 Å². The molecule has 2 rings (SSSR count). The number of aliphatic carboxylic acids is 1. The fourth-order valence-electron chi connectivity index (χ4n) is 2.70. The van der Waals surface area contributed by atoms with Crippen LogP contribution < -0.4 is 10.6 Å². The van der Waals surface area contributed by atoms with Crippen LogP contribution in [0.3, 0.4) is 0 Å². The fourth-order valence-corrected chi connectivity index (χ4v) is 2.70. The van der Waals surface area contributed by atoms with E-state index in [1.165, 1.54) is 0 Å². The minimum absolute atomic E-state index is 0.129. The first-order valence-electron chi connectivity index (χ1n) is 7.00. The molecule has 0 aliphatic carbocycles. The molecule has 7 heteroatoms. The maximum atomic E-state index is 12.3. The standard InChI is InChI=1S/C13H23N3O4/c1-13(11(17)18)8-20-7-10(13)15-12(19)16(2)9-3-5-14-6-4-9/h9-10,14H,3-8H2,1-2H3,(H,15,19)(H,17,18). The Balaban J connectivity index is 1.95. The predicted octanol–water partition coefficient (Wildman–Crippen LogP) is -0.130. The van der Waals surface area contributed by atoms with Crippen molar-refractivity contribution in [2.75, 3.05) is 33.4 Å². The highest BCUT2D eigenvalue weighted by atomic mass is 16.5. The van der Waals surface area contributed by atoms with Crippen LogP contribution in [0, 0.1) is 5.41 Å². The normalized spacial score (nSPS) is 31.0. The van der Waals surface area contributed by atoms with Crippen molar-refractivity contribution in [3.05, 3.63) is 0 Å². The maximum absolute atomic E-state index is 12.3. The van der Waals surface area contributed by atoms with Gasteiger partial charge in [0.1, 0.15) is 5.41 Å². The summed E-state index contributed by atoms with van der Waals surface area (Å²) < 4.78 is 5.24. The summed E-state index contributed by atoms with van der Waals surface area (Å²) in [7, 11) is 1.76. The second-order valence-corrected chi connectivity index (χ2v) is 5.83. The molecule has 2 unspecified atom stereocenters. The summed E-state index contributed by atoms with van der Waals surface area (Å²) in [5.74, 6) is -0.940. The van der Waals surface area contributed by atoms with Crippen molar-refractivity contribution in [1.82, 2.24) is 15.5 Å². The van der Waals surface area contributed by atoms with Gasteiger partial charge in [0, 0.05) is 13.1 Å². The number of carboxylic acids is 1. The first kappa shape index (κ1) is 15.1. The number of hydrogen-bond donors (Lipinski definition) is 3. The van der Waals surface area contributed by atoms with E-state index in [9.17, 15) is 14.7 Å². The monoisotopic (exact) mass is 285 g/mol. The van der Waals surface area contributed by atoms with E-state index in [1.807, 2.05) is 0 Å². The SMILES string of the molecule is CN(C(=O)NC1COCC1(C)C(=O)O)C1CCNCC1. The van der Waals surface area contributed by atoms with Gasteiger partial charge in [0.25, 0.3) is 0 Å². The molecular formula is C13H23N3O4. The van der Waals surface area contributed by atoms with Crippen LogP contribution in [0.25, 0.3) is 0 Å². The third-order valence-electron chi connectivity index (χ3n) is 4.42. The molecule has 0 aromatic carbocycles. The summed E-state index contributed by atoms with van der Waals surface area (Å²) in [6.45, 7) is 3.79. The van der Waals surface area contributed by atoms with Gasteiger partial charge in [0.05, 0.1) is 19.3 Å². The molecule has 7 nitrogen and oxygen atoms in total. The zero-order valence-electron chi connectivity index (χ0n) is 12.0. The van der Waals surface area contributed by atoms with E-state index in [4.69, 9.17) is 4.74 Å². The lowest BCUT2D eigenvalue weighted by Gasteiger charge is -2.34. The average molecular weight is 285 g/mol. The molecule has 2 heterocycles. The Morgan fingerprint density at radius 2 is 2.05 bits per heavy atom. The van der Waals surface area contributed by atoms with E-state index in [1.54, 1.807) is 18.9 Å². The Bertz CT molecular complexity index is 384. The number of carboxylic acid groups (broad SMARTS) is 1. The van der Waals surface area contributed by atoms with E-state index in [-0.39, 0.29) is 25.3 Å². The first-order chi connectivity index (χ1) is 9.45. The Morgan fingerprint density at radius 3 is 2.65 bits per heavy atom. The third-order valence-corrected chi connectivity index (χ3v) is 4.42. The predicted molar refractivity (Wildman–Crippen MR) is 72.5 cm³/mol. The minimum atomic E-state index is -1.05. The lowest BCUT2D eigenvalue weighted by atomic mass is 9.85. The van der Waals surface area contributed by atoms with Gasteiger partial charge in [-0.15, -0.1) is 0 Å². The number of carbonyl (C=O) groups excluding carboxylic acids is 1. The molecule has 0 aromatic heterocycles. The van der Waals surface area contributed by atoms with Crippen LogP contribution in [-0.2, 0) is 9.53 Å². The molecule has 114 valence electrons.